The first kappa shape index (κ1) is 16.3. The number of hydrogen-bond acceptors (Lipinski definition) is 3. The highest BCUT2D eigenvalue weighted by atomic mass is 35.5. The van der Waals surface area contributed by atoms with E-state index in [4.69, 9.17) is 11.6 Å². The molecule has 6 heteroatoms. The van der Waals surface area contributed by atoms with Crippen molar-refractivity contribution in [2.45, 2.75) is 43.7 Å². The minimum absolute atomic E-state index is 0.00178. The van der Waals surface area contributed by atoms with Crippen molar-refractivity contribution < 1.29 is 14.7 Å². The summed E-state index contributed by atoms with van der Waals surface area (Å²) in [6, 6.07) is 7.51. The molecule has 5 nitrogen and oxygen atoms in total. The second-order valence-corrected chi connectivity index (χ2v) is 6.85. The van der Waals surface area contributed by atoms with Crippen molar-refractivity contribution in [2.24, 2.45) is 0 Å². The number of carbonyl (C=O) groups is 2. The van der Waals surface area contributed by atoms with Crippen molar-refractivity contribution in [1.82, 2.24) is 10.2 Å². The van der Waals surface area contributed by atoms with Crippen molar-refractivity contribution >= 4 is 23.4 Å². The number of nitrogens with one attached hydrogen (secondary N) is 1. The van der Waals surface area contributed by atoms with Crippen molar-refractivity contribution in [2.75, 3.05) is 13.1 Å². The van der Waals surface area contributed by atoms with Gasteiger partial charge in [0.15, 0.2) is 0 Å². The highest BCUT2D eigenvalue weighted by molar-refractivity contribution is 6.30. The second-order valence-electron chi connectivity index (χ2n) is 6.41. The van der Waals surface area contributed by atoms with Crippen LogP contribution in [0.2, 0.25) is 5.02 Å². The molecule has 1 heterocycles. The number of hydrogen-bond donors (Lipinski definition) is 2. The average molecular weight is 337 g/mol. The molecule has 2 aliphatic rings. The van der Waals surface area contributed by atoms with Crippen LogP contribution in [0.3, 0.4) is 0 Å². The molecule has 1 saturated heterocycles. The van der Waals surface area contributed by atoms with E-state index in [0.29, 0.717) is 18.0 Å². The van der Waals surface area contributed by atoms with E-state index in [1.165, 1.54) is 4.90 Å². The summed E-state index contributed by atoms with van der Waals surface area (Å²) in [7, 11) is 0. The van der Waals surface area contributed by atoms with E-state index in [9.17, 15) is 14.7 Å². The summed E-state index contributed by atoms with van der Waals surface area (Å²) in [5.74, 6) is -0.532. The lowest BCUT2D eigenvalue weighted by Crippen LogP contribution is -2.46. The zero-order valence-electron chi connectivity index (χ0n) is 12.9. The third kappa shape index (κ3) is 3.67. The fraction of sp³-hybridized carbons (Fsp3) is 0.529. The zero-order chi connectivity index (χ0) is 16.4. The van der Waals surface area contributed by atoms with Gasteiger partial charge in [0.2, 0.25) is 5.91 Å². The molecule has 3 rings (SSSR count). The largest absolute Gasteiger partial charge is 0.383 e. The van der Waals surface area contributed by atoms with Crippen molar-refractivity contribution in [3.63, 3.8) is 0 Å². The van der Waals surface area contributed by atoms with Crippen LogP contribution in [0.25, 0.3) is 0 Å². The minimum Gasteiger partial charge on any atom is -0.383 e. The lowest BCUT2D eigenvalue weighted by Gasteiger charge is -2.24. The van der Waals surface area contributed by atoms with E-state index in [1.807, 2.05) is 18.2 Å². The number of nitrogens with zero attached hydrogens (tertiary/aromatic N) is 1. The molecule has 1 aliphatic carbocycles. The number of carbonyl (C=O) groups excluding carboxylic acids is 2. The van der Waals surface area contributed by atoms with Gasteiger partial charge in [0, 0.05) is 11.6 Å². The molecule has 1 atom stereocenters. The van der Waals surface area contributed by atoms with Gasteiger partial charge in [0.1, 0.15) is 6.10 Å². The number of likely N-dealkylation sites (tertiary alicyclic amines) is 1. The highest BCUT2D eigenvalue weighted by Crippen LogP contribution is 2.45. The number of aliphatic hydroxyl groups excluding tert-OH is 1. The first-order valence-electron chi connectivity index (χ1n) is 8.04. The molecule has 1 aromatic carbocycles. The number of benzene rings is 1. The minimum atomic E-state index is -0.979. The molecule has 2 amide bonds. The van der Waals surface area contributed by atoms with Gasteiger partial charge in [-0.05, 0) is 49.8 Å². The van der Waals surface area contributed by atoms with E-state index in [2.05, 4.69) is 5.32 Å². The summed E-state index contributed by atoms with van der Waals surface area (Å²) in [6.45, 7) is 0.520. The standard InChI is InChI=1S/C17H21ClN2O3/c18-13-5-3-4-12(10-13)17(7-8-17)19-15(22)11-20-9-2-1-6-14(21)16(20)23/h3-5,10,14,21H,1-2,6-9,11H2,(H,19,22). The van der Waals surface area contributed by atoms with Crippen molar-refractivity contribution in [1.29, 1.82) is 0 Å². The summed E-state index contributed by atoms with van der Waals surface area (Å²) in [5, 5.41) is 13.4. The molecular weight excluding hydrogens is 316 g/mol. The Morgan fingerprint density at radius 2 is 2.17 bits per heavy atom. The molecule has 0 spiro atoms. The van der Waals surface area contributed by atoms with Crippen LogP contribution >= 0.6 is 11.6 Å². The molecular formula is C17H21ClN2O3. The van der Waals surface area contributed by atoms with Gasteiger partial charge in [-0.25, -0.2) is 0 Å². The molecule has 0 aromatic heterocycles. The topological polar surface area (TPSA) is 69.6 Å². The lowest BCUT2D eigenvalue weighted by atomic mass is 10.1. The predicted molar refractivity (Wildman–Crippen MR) is 86.9 cm³/mol. The van der Waals surface area contributed by atoms with Gasteiger partial charge in [-0.15, -0.1) is 0 Å². The molecule has 124 valence electrons. The number of halogens is 1. The number of amides is 2. The van der Waals surface area contributed by atoms with Gasteiger partial charge < -0.3 is 15.3 Å². The molecule has 0 radical (unpaired) electrons. The predicted octanol–water partition coefficient (Wildman–Crippen LogP) is 1.82. The van der Waals surface area contributed by atoms with Crippen LogP contribution in [0.5, 0.6) is 0 Å². The first-order valence-corrected chi connectivity index (χ1v) is 8.42. The van der Waals surface area contributed by atoms with Gasteiger partial charge in [0.05, 0.1) is 12.1 Å². The maximum Gasteiger partial charge on any atom is 0.251 e. The Hall–Kier alpha value is -1.59. The van der Waals surface area contributed by atoms with Crippen LogP contribution in [0.15, 0.2) is 24.3 Å². The van der Waals surface area contributed by atoms with Crippen molar-refractivity contribution in [3.05, 3.63) is 34.9 Å². The maximum atomic E-state index is 12.4. The molecule has 1 aliphatic heterocycles. The Kier molecular flexibility index (Phi) is 4.60. The Balaban J connectivity index is 1.64. The fourth-order valence-electron chi connectivity index (χ4n) is 3.12. The Labute approximate surface area is 140 Å². The molecule has 2 fully saturated rings. The third-order valence-electron chi connectivity index (χ3n) is 4.59. The normalized spacial score (nSPS) is 23.3. The Morgan fingerprint density at radius 1 is 1.39 bits per heavy atom. The monoisotopic (exact) mass is 336 g/mol. The average Bonchev–Trinajstić information content (AvgIpc) is 3.30. The van der Waals surface area contributed by atoms with E-state index in [1.54, 1.807) is 6.07 Å². The molecule has 1 aromatic rings. The second kappa shape index (κ2) is 6.49. The first-order chi connectivity index (χ1) is 11.0. The Bertz CT molecular complexity index is 616. The van der Waals surface area contributed by atoms with Crippen LogP contribution in [0.1, 0.15) is 37.7 Å². The zero-order valence-corrected chi connectivity index (χ0v) is 13.7. The number of rotatable bonds is 4. The summed E-state index contributed by atoms with van der Waals surface area (Å²) in [4.78, 5) is 25.9. The van der Waals surface area contributed by atoms with E-state index in [-0.39, 0.29) is 23.9 Å². The smallest absolute Gasteiger partial charge is 0.251 e. The van der Waals surface area contributed by atoms with Crippen LogP contribution < -0.4 is 5.32 Å². The summed E-state index contributed by atoms with van der Waals surface area (Å²) < 4.78 is 0. The van der Waals surface area contributed by atoms with Crippen molar-refractivity contribution in [3.8, 4) is 0 Å². The van der Waals surface area contributed by atoms with Gasteiger partial charge in [-0.2, -0.15) is 0 Å². The van der Waals surface area contributed by atoms with Crippen LogP contribution in [-0.4, -0.2) is 41.0 Å². The quantitative estimate of drug-likeness (QED) is 0.881. The van der Waals surface area contributed by atoms with Gasteiger partial charge >= 0.3 is 0 Å². The SMILES string of the molecule is O=C(CN1CCCCC(O)C1=O)NC1(c2cccc(Cl)c2)CC1. The fourth-order valence-corrected chi connectivity index (χ4v) is 3.31. The Morgan fingerprint density at radius 3 is 2.87 bits per heavy atom. The van der Waals surface area contributed by atoms with E-state index >= 15 is 0 Å². The summed E-state index contributed by atoms with van der Waals surface area (Å²) in [5.41, 5.74) is 0.649. The van der Waals surface area contributed by atoms with E-state index < -0.39 is 6.10 Å². The molecule has 0 bridgehead atoms. The van der Waals surface area contributed by atoms with Gasteiger partial charge in [-0.1, -0.05) is 23.7 Å². The van der Waals surface area contributed by atoms with Crippen LogP contribution in [0.4, 0.5) is 0 Å². The third-order valence-corrected chi connectivity index (χ3v) is 4.83. The number of aliphatic hydroxyl groups is 1. The molecule has 1 unspecified atom stereocenters. The van der Waals surface area contributed by atoms with Crippen LogP contribution in [-0.2, 0) is 15.1 Å². The summed E-state index contributed by atoms with van der Waals surface area (Å²) in [6.07, 6.45) is 2.86. The van der Waals surface area contributed by atoms with E-state index in [0.717, 1.165) is 31.2 Å². The lowest BCUT2D eigenvalue weighted by molar-refractivity contribution is -0.142. The maximum absolute atomic E-state index is 12.4. The summed E-state index contributed by atoms with van der Waals surface area (Å²) >= 11 is 6.03. The molecule has 2 N–H and O–H groups in total. The van der Waals surface area contributed by atoms with Crippen LogP contribution in [0, 0.1) is 0 Å². The molecule has 1 saturated carbocycles. The van der Waals surface area contributed by atoms with Gasteiger partial charge in [-0.3, -0.25) is 9.59 Å². The highest BCUT2D eigenvalue weighted by Gasteiger charge is 2.46. The van der Waals surface area contributed by atoms with Gasteiger partial charge in [0.25, 0.3) is 5.91 Å². The molecule has 23 heavy (non-hydrogen) atoms.